The first-order chi connectivity index (χ1) is 20.4. The molecular weight excluding hydrogens is 632 g/mol. The number of nitrogens with one attached hydrogen (secondary N) is 2. The van der Waals surface area contributed by atoms with Crippen molar-refractivity contribution in [1.29, 1.82) is 0 Å². The zero-order valence-corrected chi connectivity index (χ0v) is 25.3. The van der Waals surface area contributed by atoms with E-state index < -0.39 is 0 Å². The van der Waals surface area contributed by atoms with Crippen LogP contribution in [-0.4, -0.2) is 30.1 Å². The van der Waals surface area contributed by atoms with Crippen molar-refractivity contribution in [3.05, 3.63) is 107 Å². The summed E-state index contributed by atoms with van der Waals surface area (Å²) in [5.74, 6) is 1.92. The smallest absolute Gasteiger partial charge is 0.151 e. The lowest BCUT2D eigenvalue weighted by Gasteiger charge is -2.06. The van der Waals surface area contributed by atoms with Gasteiger partial charge in [-0.1, -0.05) is 42.0 Å². The summed E-state index contributed by atoms with van der Waals surface area (Å²) < 4.78 is 2.99. The van der Waals surface area contributed by atoms with Crippen molar-refractivity contribution in [1.82, 2.24) is 19.9 Å². The Balaban J connectivity index is 0.000000157. The van der Waals surface area contributed by atoms with E-state index in [4.69, 9.17) is 0 Å². The molecule has 8 nitrogen and oxygen atoms in total. The molecule has 0 amide bonds. The van der Waals surface area contributed by atoms with E-state index in [9.17, 15) is 10.2 Å². The number of aromatic hydroxyl groups is 2. The molecule has 42 heavy (non-hydrogen) atoms. The van der Waals surface area contributed by atoms with Crippen molar-refractivity contribution >= 4 is 82.0 Å². The lowest BCUT2D eigenvalue weighted by molar-refractivity contribution is 0.475. The molecule has 0 aliphatic rings. The number of thiophene rings is 2. The van der Waals surface area contributed by atoms with Gasteiger partial charge in [0, 0.05) is 28.4 Å². The fraction of sp³-hybridized carbons (Fsp3) is 0.0323. The van der Waals surface area contributed by atoms with Gasteiger partial charge in [0.2, 0.25) is 0 Å². The van der Waals surface area contributed by atoms with Crippen molar-refractivity contribution in [2.45, 2.75) is 6.92 Å². The molecule has 0 saturated carbocycles. The SMILES string of the molecule is Cc1ccc(-c2cc3ncnc(Nc4cccc(O)c4)c3s2)cc1.Oc1cccc(Nc2ncnc3cc(Br)sc23)c1. The molecule has 4 heterocycles. The Morgan fingerprint density at radius 3 is 1.76 bits per heavy atom. The number of aryl methyl sites for hydroxylation is 1. The summed E-state index contributed by atoms with van der Waals surface area (Å²) in [6, 6.07) is 26.4. The van der Waals surface area contributed by atoms with Crippen LogP contribution < -0.4 is 10.6 Å². The summed E-state index contributed by atoms with van der Waals surface area (Å²) in [6.45, 7) is 2.08. The predicted molar refractivity (Wildman–Crippen MR) is 175 cm³/mol. The highest BCUT2D eigenvalue weighted by Crippen LogP contribution is 2.37. The maximum Gasteiger partial charge on any atom is 0.151 e. The second-order valence-electron chi connectivity index (χ2n) is 9.25. The maximum absolute atomic E-state index is 9.61. The molecule has 0 fully saturated rings. The quantitative estimate of drug-likeness (QED) is 0.145. The Hall–Kier alpha value is -4.58. The van der Waals surface area contributed by atoms with E-state index in [0.717, 1.165) is 52.1 Å². The Labute approximate surface area is 257 Å². The first-order valence-electron chi connectivity index (χ1n) is 12.7. The van der Waals surface area contributed by atoms with Gasteiger partial charge < -0.3 is 20.8 Å². The van der Waals surface area contributed by atoms with Gasteiger partial charge in [-0.3, -0.25) is 0 Å². The molecular formula is C31H23BrN6O2S2. The van der Waals surface area contributed by atoms with Crippen LogP contribution >= 0.6 is 38.6 Å². The topological polar surface area (TPSA) is 116 Å². The summed E-state index contributed by atoms with van der Waals surface area (Å²) in [7, 11) is 0. The van der Waals surface area contributed by atoms with Crippen molar-refractivity contribution in [2.24, 2.45) is 0 Å². The fourth-order valence-electron chi connectivity index (χ4n) is 4.16. The van der Waals surface area contributed by atoms with Crippen molar-refractivity contribution in [2.75, 3.05) is 10.6 Å². The number of nitrogens with zero attached hydrogens (tertiary/aromatic N) is 4. The number of aromatic nitrogens is 4. The van der Waals surface area contributed by atoms with Crippen LogP contribution in [0.1, 0.15) is 5.56 Å². The average Bonchev–Trinajstić information content (AvgIpc) is 3.58. The van der Waals surface area contributed by atoms with Crippen LogP contribution in [-0.2, 0) is 0 Å². The third-order valence-electron chi connectivity index (χ3n) is 6.15. The van der Waals surface area contributed by atoms with Gasteiger partial charge in [0.1, 0.15) is 24.2 Å². The van der Waals surface area contributed by atoms with Gasteiger partial charge in [-0.15, -0.1) is 22.7 Å². The van der Waals surface area contributed by atoms with Crippen molar-refractivity contribution < 1.29 is 10.2 Å². The minimum atomic E-state index is 0.219. The molecule has 4 aromatic heterocycles. The highest BCUT2D eigenvalue weighted by atomic mass is 79.9. The third kappa shape index (κ3) is 6.33. The number of anilines is 4. The van der Waals surface area contributed by atoms with Crippen LogP contribution in [0.5, 0.6) is 11.5 Å². The molecule has 0 saturated heterocycles. The Bertz CT molecular complexity index is 2010. The van der Waals surface area contributed by atoms with Crippen LogP contribution in [0.2, 0.25) is 0 Å². The number of hydrogen-bond acceptors (Lipinski definition) is 10. The molecule has 11 heteroatoms. The molecule has 0 unspecified atom stereocenters. The molecule has 7 rings (SSSR count). The molecule has 0 aliphatic carbocycles. The number of halogens is 1. The molecule has 0 atom stereocenters. The largest absolute Gasteiger partial charge is 0.508 e. The van der Waals surface area contributed by atoms with E-state index in [2.05, 4.69) is 83.8 Å². The Kier molecular flexibility index (Phi) is 7.95. The zero-order valence-electron chi connectivity index (χ0n) is 22.1. The summed E-state index contributed by atoms with van der Waals surface area (Å²) in [5, 5.41) is 25.5. The number of benzene rings is 3. The standard InChI is InChI=1S/C19H15N3OS.C12H8BrN3OS/c1-12-5-7-13(8-6-12)17-10-16-18(24-17)19(21-11-20-16)22-14-3-2-4-15(23)9-14;13-10-5-9-11(18-10)12(15-6-14-9)16-7-2-1-3-8(17)4-7/h2-11,23H,1H3,(H,20,21,22);1-6,17H,(H,14,15,16). The second-order valence-corrected chi connectivity index (χ2v) is 12.7. The number of fused-ring (bicyclic) bond motifs is 2. The normalized spacial score (nSPS) is 10.8. The monoisotopic (exact) mass is 654 g/mol. The summed E-state index contributed by atoms with van der Waals surface area (Å²) in [4.78, 5) is 18.3. The fourth-order valence-corrected chi connectivity index (χ4v) is 6.70. The van der Waals surface area contributed by atoms with Crippen LogP contribution in [0.4, 0.5) is 23.0 Å². The van der Waals surface area contributed by atoms with Gasteiger partial charge in [-0.2, -0.15) is 0 Å². The average molecular weight is 656 g/mol. The van der Waals surface area contributed by atoms with E-state index in [-0.39, 0.29) is 11.5 Å². The molecule has 4 N–H and O–H groups in total. The summed E-state index contributed by atoms with van der Waals surface area (Å²) >= 11 is 6.66. The summed E-state index contributed by atoms with van der Waals surface area (Å²) in [6.07, 6.45) is 3.08. The third-order valence-corrected chi connectivity index (χ3v) is 8.96. The van der Waals surface area contributed by atoms with Gasteiger partial charge in [-0.25, -0.2) is 19.9 Å². The molecule has 0 bridgehead atoms. The Morgan fingerprint density at radius 1 is 0.643 bits per heavy atom. The second kappa shape index (κ2) is 12.1. The van der Waals surface area contributed by atoms with Crippen molar-refractivity contribution in [3.8, 4) is 21.9 Å². The minimum absolute atomic E-state index is 0.219. The highest BCUT2D eigenvalue weighted by molar-refractivity contribution is 9.11. The van der Waals surface area contributed by atoms with Gasteiger partial charge in [0.25, 0.3) is 0 Å². The van der Waals surface area contributed by atoms with Crippen LogP contribution in [0.15, 0.2) is 101 Å². The van der Waals surface area contributed by atoms with Crippen LogP contribution in [0.3, 0.4) is 0 Å². The Morgan fingerprint density at radius 2 is 1.19 bits per heavy atom. The lowest BCUT2D eigenvalue weighted by Crippen LogP contribution is -1.93. The van der Waals surface area contributed by atoms with E-state index in [1.807, 2.05) is 18.2 Å². The number of hydrogen-bond donors (Lipinski definition) is 4. The minimum Gasteiger partial charge on any atom is -0.508 e. The molecule has 0 radical (unpaired) electrons. The van der Waals surface area contributed by atoms with Gasteiger partial charge >= 0.3 is 0 Å². The first-order valence-corrected chi connectivity index (χ1v) is 15.2. The number of phenols is 2. The maximum atomic E-state index is 9.61. The zero-order chi connectivity index (χ0) is 29.1. The molecule has 208 valence electrons. The predicted octanol–water partition coefficient (Wildman–Crippen LogP) is 9.02. The molecule has 7 aromatic rings. The van der Waals surface area contributed by atoms with E-state index in [0.29, 0.717) is 0 Å². The van der Waals surface area contributed by atoms with Crippen LogP contribution in [0, 0.1) is 6.92 Å². The van der Waals surface area contributed by atoms with E-state index in [1.54, 1.807) is 65.4 Å². The van der Waals surface area contributed by atoms with E-state index >= 15 is 0 Å². The lowest BCUT2D eigenvalue weighted by atomic mass is 10.1. The van der Waals surface area contributed by atoms with Gasteiger partial charge in [0.15, 0.2) is 11.6 Å². The highest BCUT2D eigenvalue weighted by Gasteiger charge is 2.11. The van der Waals surface area contributed by atoms with Crippen LogP contribution in [0.25, 0.3) is 30.9 Å². The van der Waals surface area contributed by atoms with Gasteiger partial charge in [-0.05, 0) is 64.8 Å². The molecule has 0 spiro atoms. The first kappa shape index (κ1) is 27.6. The number of phenolic OH excluding ortho intramolecular Hbond substituents is 2. The molecule has 0 aliphatic heterocycles. The summed E-state index contributed by atoms with van der Waals surface area (Å²) in [5.41, 5.74) is 5.80. The number of rotatable bonds is 5. The van der Waals surface area contributed by atoms with Crippen molar-refractivity contribution in [3.63, 3.8) is 0 Å². The van der Waals surface area contributed by atoms with E-state index in [1.165, 1.54) is 17.5 Å². The molecule has 3 aromatic carbocycles. The van der Waals surface area contributed by atoms with Gasteiger partial charge in [0.05, 0.1) is 24.2 Å².